The molecule has 0 bridgehead atoms. The van der Waals surface area contributed by atoms with E-state index in [0.717, 1.165) is 12.8 Å². The second-order valence-corrected chi connectivity index (χ2v) is 6.73. The number of thioether (sulfide) groups is 1. The predicted molar refractivity (Wildman–Crippen MR) is 101 cm³/mol. The van der Waals surface area contributed by atoms with Crippen molar-refractivity contribution in [3.63, 3.8) is 0 Å². The van der Waals surface area contributed by atoms with Gasteiger partial charge in [-0.15, -0.1) is 11.8 Å². The van der Waals surface area contributed by atoms with Gasteiger partial charge in [0.15, 0.2) is 0 Å². The number of aryl methyl sites for hydroxylation is 3. The van der Waals surface area contributed by atoms with Crippen molar-refractivity contribution in [1.82, 2.24) is 4.57 Å². The van der Waals surface area contributed by atoms with Crippen LogP contribution in [-0.4, -0.2) is 10.8 Å². The Balaban J connectivity index is 1.92. The molecule has 1 aromatic heterocycles. The van der Waals surface area contributed by atoms with Gasteiger partial charge in [0, 0.05) is 22.5 Å². The summed E-state index contributed by atoms with van der Waals surface area (Å²) in [6, 6.07) is 19.3. The van der Waals surface area contributed by atoms with E-state index in [1.165, 1.54) is 33.0 Å². The first-order valence-electron chi connectivity index (χ1n) is 8.05. The average Bonchev–Trinajstić information content (AvgIpc) is 2.90. The Morgan fingerprint density at radius 1 is 0.870 bits per heavy atom. The molecule has 0 aliphatic carbocycles. The fourth-order valence-electron chi connectivity index (χ4n) is 3.12. The number of rotatable bonds is 5. The molecule has 0 fully saturated rings. The Hall–Kier alpha value is -1.93. The minimum absolute atomic E-state index is 1.08. The molecule has 0 amide bonds. The van der Waals surface area contributed by atoms with E-state index in [1.807, 2.05) is 11.8 Å². The molecule has 0 aliphatic heterocycles. The highest BCUT2D eigenvalue weighted by Gasteiger charge is 2.14. The van der Waals surface area contributed by atoms with Crippen LogP contribution in [0.25, 0.3) is 5.69 Å². The maximum atomic E-state index is 2.35. The molecule has 3 aromatic rings. The van der Waals surface area contributed by atoms with E-state index >= 15 is 0 Å². The summed E-state index contributed by atoms with van der Waals surface area (Å²) in [7, 11) is 0. The van der Waals surface area contributed by atoms with Crippen LogP contribution >= 0.6 is 11.8 Å². The van der Waals surface area contributed by atoms with Crippen LogP contribution in [0.2, 0.25) is 0 Å². The first-order chi connectivity index (χ1) is 11.2. The van der Waals surface area contributed by atoms with Gasteiger partial charge in [0.05, 0.1) is 0 Å². The SMILES string of the molecule is CSc1c(CCc2ccccc2)cn(-c2ccccc2C)c1C. The molecule has 2 aromatic carbocycles. The lowest BCUT2D eigenvalue weighted by molar-refractivity contribution is 0.939. The van der Waals surface area contributed by atoms with Crippen LogP contribution in [0, 0.1) is 13.8 Å². The molecular formula is C21H23NS. The van der Waals surface area contributed by atoms with Crippen LogP contribution in [0.1, 0.15) is 22.4 Å². The van der Waals surface area contributed by atoms with Crippen molar-refractivity contribution in [2.75, 3.05) is 6.26 Å². The zero-order chi connectivity index (χ0) is 16.2. The van der Waals surface area contributed by atoms with Crippen molar-refractivity contribution in [3.8, 4) is 5.69 Å². The van der Waals surface area contributed by atoms with Crippen LogP contribution in [-0.2, 0) is 12.8 Å². The van der Waals surface area contributed by atoms with E-state index in [0.29, 0.717) is 0 Å². The fraction of sp³-hybridized carbons (Fsp3) is 0.238. The molecule has 0 N–H and O–H groups in total. The molecule has 2 heteroatoms. The van der Waals surface area contributed by atoms with Gasteiger partial charge in [-0.3, -0.25) is 0 Å². The van der Waals surface area contributed by atoms with Gasteiger partial charge in [0.1, 0.15) is 0 Å². The fourth-order valence-corrected chi connectivity index (χ4v) is 3.93. The van der Waals surface area contributed by atoms with Crippen molar-refractivity contribution in [2.24, 2.45) is 0 Å². The standard InChI is InChI=1S/C21H23NS/c1-16-9-7-8-12-20(16)22-15-19(21(23-3)17(22)2)14-13-18-10-5-4-6-11-18/h4-12,15H,13-14H2,1-3H3. The lowest BCUT2D eigenvalue weighted by atomic mass is 10.1. The van der Waals surface area contributed by atoms with Gasteiger partial charge < -0.3 is 4.57 Å². The maximum Gasteiger partial charge on any atom is 0.0481 e. The highest BCUT2D eigenvalue weighted by molar-refractivity contribution is 7.98. The van der Waals surface area contributed by atoms with Gasteiger partial charge in [-0.25, -0.2) is 0 Å². The van der Waals surface area contributed by atoms with Gasteiger partial charge in [-0.1, -0.05) is 48.5 Å². The second kappa shape index (κ2) is 7.10. The van der Waals surface area contributed by atoms with Crippen molar-refractivity contribution in [2.45, 2.75) is 31.6 Å². The minimum atomic E-state index is 1.08. The number of nitrogens with zero attached hydrogens (tertiary/aromatic N) is 1. The lowest BCUT2D eigenvalue weighted by Gasteiger charge is -2.09. The molecule has 1 nitrogen and oxygen atoms in total. The average molecular weight is 321 g/mol. The lowest BCUT2D eigenvalue weighted by Crippen LogP contribution is -1.97. The number of hydrogen-bond acceptors (Lipinski definition) is 1. The normalized spacial score (nSPS) is 10.9. The Labute approximate surface area is 143 Å². The molecule has 118 valence electrons. The molecule has 0 saturated heterocycles. The molecule has 0 spiro atoms. The van der Waals surface area contributed by atoms with E-state index in [4.69, 9.17) is 0 Å². The number of para-hydroxylation sites is 1. The topological polar surface area (TPSA) is 4.93 Å². The summed E-state index contributed by atoms with van der Waals surface area (Å²) >= 11 is 1.86. The highest BCUT2D eigenvalue weighted by Crippen LogP contribution is 2.30. The monoisotopic (exact) mass is 321 g/mol. The molecule has 0 atom stereocenters. The van der Waals surface area contributed by atoms with Crippen molar-refractivity contribution >= 4 is 11.8 Å². The Bertz CT molecular complexity index is 787. The van der Waals surface area contributed by atoms with Crippen LogP contribution in [0.15, 0.2) is 65.7 Å². The first kappa shape index (κ1) is 15.9. The van der Waals surface area contributed by atoms with Crippen LogP contribution in [0.5, 0.6) is 0 Å². The Morgan fingerprint density at radius 2 is 1.57 bits per heavy atom. The number of hydrogen-bond donors (Lipinski definition) is 0. The third-order valence-electron chi connectivity index (χ3n) is 4.37. The number of benzene rings is 2. The van der Waals surface area contributed by atoms with Crippen LogP contribution < -0.4 is 0 Å². The summed E-state index contributed by atoms with van der Waals surface area (Å²) in [6.45, 7) is 4.40. The second-order valence-electron chi connectivity index (χ2n) is 5.92. The summed E-state index contributed by atoms with van der Waals surface area (Å²) in [6.07, 6.45) is 6.68. The predicted octanol–water partition coefficient (Wildman–Crippen LogP) is 5.60. The quantitative estimate of drug-likeness (QED) is 0.554. The molecule has 0 aliphatic rings. The van der Waals surface area contributed by atoms with Crippen molar-refractivity contribution in [3.05, 3.63) is 83.2 Å². The third kappa shape index (κ3) is 3.37. The third-order valence-corrected chi connectivity index (χ3v) is 5.34. The summed E-state index contributed by atoms with van der Waals surface area (Å²) in [5.41, 5.74) is 6.79. The summed E-state index contributed by atoms with van der Waals surface area (Å²) in [4.78, 5) is 1.42. The van der Waals surface area contributed by atoms with E-state index in [1.54, 1.807) is 0 Å². The minimum Gasteiger partial charge on any atom is -0.319 e. The largest absolute Gasteiger partial charge is 0.319 e. The van der Waals surface area contributed by atoms with Gasteiger partial charge in [0.2, 0.25) is 0 Å². The van der Waals surface area contributed by atoms with Crippen molar-refractivity contribution in [1.29, 1.82) is 0 Å². The summed E-state index contributed by atoms with van der Waals surface area (Å²) < 4.78 is 2.35. The zero-order valence-electron chi connectivity index (χ0n) is 14.0. The molecular weight excluding hydrogens is 298 g/mol. The Morgan fingerprint density at radius 3 is 2.26 bits per heavy atom. The zero-order valence-corrected chi connectivity index (χ0v) is 14.9. The van der Waals surface area contributed by atoms with E-state index < -0.39 is 0 Å². The Kier molecular flexibility index (Phi) is 4.92. The molecule has 1 heterocycles. The molecule has 0 saturated carbocycles. The van der Waals surface area contributed by atoms with Gasteiger partial charge in [-0.2, -0.15) is 0 Å². The molecule has 23 heavy (non-hydrogen) atoms. The van der Waals surface area contributed by atoms with E-state index in [9.17, 15) is 0 Å². The summed E-state index contributed by atoms with van der Waals surface area (Å²) in [5, 5.41) is 0. The van der Waals surface area contributed by atoms with E-state index in [-0.39, 0.29) is 0 Å². The molecule has 0 radical (unpaired) electrons. The summed E-state index contributed by atoms with van der Waals surface area (Å²) in [5.74, 6) is 0. The van der Waals surface area contributed by atoms with Crippen LogP contribution in [0.4, 0.5) is 0 Å². The van der Waals surface area contributed by atoms with Gasteiger partial charge >= 0.3 is 0 Å². The smallest absolute Gasteiger partial charge is 0.0481 e. The first-order valence-corrected chi connectivity index (χ1v) is 9.28. The van der Waals surface area contributed by atoms with Gasteiger partial charge in [-0.05, 0) is 55.7 Å². The molecule has 3 rings (SSSR count). The van der Waals surface area contributed by atoms with E-state index in [2.05, 4.69) is 85.5 Å². The number of aromatic nitrogens is 1. The van der Waals surface area contributed by atoms with Gasteiger partial charge in [0.25, 0.3) is 0 Å². The van der Waals surface area contributed by atoms with Crippen molar-refractivity contribution < 1.29 is 0 Å². The van der Waals surface area contributed by atoms with Crippen LogP contribution in [0.3, 0.4) is 0 Å². The molecule has 0 unspecified atom stereocenters. The maximum absolute atomic E-state index is 2.35. The highest BCUT2D eigenvalue weighted by atomic mass is 32.2.